The second-order valence-electron chi connectivity index (χ2n) is 6.78. The first-order valence-corrected chi connectivity index (χ1v) is 8.78. The van der Waals surface area contributed by atoms with Crippen LogP contribution in [0.2, 0.25) is 0 Å². The molecule has 1 saturated heterocycles. The number of hydrogen-bond donors (Lipinski definition) is 1. The number of ether oxygens (including phenoxy) is 2. The van der Waals surface area contributed by atoms with Crippen LogP contribution in [-0.4, -0.2) is 53.0 Å². The summed E-state index contributed by atoms with van der Waals surface area (Å²) in [5.74, 6) is -1.73. The lowest BCUT2D eigenvalue weighted by Crippen LogP contribution is -2.62. The molecule has 0 aliphatic carbocycles. The highest BCUT2D eigenvalue weighted by atomic mass is 16.7. The van der Waals surface area contributed by atoms with Gasteiger partial charge in [0.2, 0.25) is 18.6 Å². The first-order valence-electron chi connectivity index (χ1n) is 13.8. The summed E-state index contributed by atoms with van der Waals surface area (Å²) in [6, 6.07) is -2.71. The molecule has 2 amide bonds. The Morgan fingerprint density at radius 2 is 2.14 bits per heavy atom. The number of nitrogens with zero attached hydrogens (tertiary/aromatic N) is 2. The maximum atomic E-state index is 13.7. The smallest absolute Gasteiger partial charge is 0.245 e. The lowest BCUT2D eigenvalue weighted by molar-refractivity contribution is -0.157. The van der Waals surface area contributed by atoms with Crippen LogP contribution >= 0.6 is 0 Å². The number of aromatic amines is 1. The van der Waals surface area contributed by atoms with Crippen LogP contribution in [0.15, 0.2) is 42.4 Å². The van der Waals surface area contributed by atoms with E-state index >= 15 is 0 Å². The molecule has 3 aromatic rings. The van der Waals surface area contributed by atoms with Crippen molar-refractivity contribution in [3.05, 3.63) is 59.2 Å². The Morgan fingerprint density at radius 1 is 1.28 bits per heavy atom. The van der Waals surface area contributed by atoms with Gasteiger partial charge < -0.3 is 24.3 Å². The van der Waals surface area contributed by atoms with Gasteiger partial charge in [-0.05, 0) is 29.3 Å². The lowest BCUT2D eigenvalue weighted by Gasteiger charge is -2.46. The second-order valence-corrected chi connectivity index (χ2v) is 6.78. The van der Waals surface area contributed by atoms with E-state index in [0.29, 0.717) is 10.6 Å². The van der Waals surface area contributed by atoms with Crippen molar-refractivity contribution in [2.75, 3.05) is 20.3 Å². The average molecular weight is 399 g/mol. The molecule has 0 saturated carbocycles. The Labute approximate surface area is 180 Å². The Bertz CT molecular complexity index is 1620. The number of aromatic nitrogens is 1. The molecule has 7 nitrogen and oxygen atoms in total. The predicted octanol–water partition coefficient (Wildman–Crippen LogP) is 2.21. The van der Waals surface area contributed by atoms with Crippen LogP contribution in [0, 0.1) is 0 Å². The highest BCUT2D eigenvalue weighted by molar-refractivity contribution is 5.97. The molecule has 2 atom stereocenters. The molecular formula is C22H19N3O4. The number of hydrogen-bond acceptors (Lipinski definition) is 4. The fourth-order valence-electron chi connectivity index (χ4n) is 3.88. The van der Waals surface area contributed by atoms with E-state index in [2.05, 4.69) is 4.98 Å². The van der Waals surface area contributed by atoms with E-state index in [-0.39, 0.29) is 39.6 Å². The van der Waals surface area contributed by atoms with Crippen molar-refractivity contribution in [3.63, 3.8) is 0 Å². The van der Waals surface area contributed by atoms with Gasteiger partial charge in [-0.15, -0.1) is 0 Å². The third kappa shape index (κ3) is 2.24. The molecule has 0 bridgehead atoms. The lowest BCUT2D eigenvalue weighted by atomic mass is 9.86. The van der Waals surface area contributed by atoms with E-state index in [9.17, 15) is 11.0 Å². The maximum absolute atomic E-state index is 13.7. The van der Waals surface area contributed by atoms with Crippen LogP contribution in [0.1, 0.15) is 36.5 Å². The number of amides is 2. The minimum atomic E-state index is -3.08. The summed E-state index contributed by atoms with van der Waals surface area (Å²) in [4.78, 5) is 31.0. The Morgan fingerprint density at radius 3 is 3.03 bits per heavy atom. The van der Waals surface area contributed by atoms with Gasteiger partial charge in [-0.1, -0.05) is 24.2 Å². The van der Waals surface area contributed by atoms with Crippen LogP contribution in [0.25, 0.3) is 10.9 Å². The number of carbonyl (C=O) groups excluding carboxylic acids is 2. The minimum Gasteiger partial charge on any atom is -0.454 e. The summed E-state index contributed by atoms with van der Waals surface area (Å²) >= 11 is 0. The summed E-state index contributed by atoms with van der Waals surface area (Å²) in [5, 5.41) is -0.302. The molecule has 3 aliphatic heterocycles. The molecule has 146 valence electrons. The monoisotopic (exact) mass is 399 g/mol. The first kappa shape index (κ1) is 9.35. The zero-order chi connectivity index (χ0) is 28.4. The maximum Gasteiger partial charge on any atom is 0.245 e. The van der Waals surface area contributed by atoms with Crippen molar-refractivity contribution in [2.45, 2.75) is 18.4 Å². The number of rotatable bonds is 1. The Balaban J connectivity index is 1.75. The first-order chi connectivity index (χ1) is 18.1. The van der Waals surface area contributed by atoms with Gasteiger partial charge in [-0.3, -0.25) is 9.59 Å². The van der Waals surface area contributed by atoms with E-state index in [1.54, 1.807) is 0 Å². The fourth-order valence-corrected chi connectivity index (χ4v) is 3.88. The molecule has 0 unspecified atom stereocenters. The Hall–Kier alpha value is -3.48. The van der Waals surface area contributed by atoms with Gasteiger partial charge in [0.05, 0.1) is 19.4 Å². The zero-order valence-corrected chi connectivity index (χ0v) is 14.8. The summed E-state index contributed by atoms with van der Waals surface area (Å²) in [7, 11) is 0. The van der Waals surface area contributed by atoms with Gasteiger partial charge >= 0.3 is 0 Å². The molecule has 0 radical (unpaired) electrons. The van der Waals surface area contributed by atoms with Crippen molar-refractivity contribution in [3.8, 4) is 11.5 Å². The Kier molecular flexibility index (Phi) is 1.86. The number of carbonyl (C=O) groups is 2. The van der Waals surface area contributed by atoms with E-state index in [4.69, 9.17) is 21.8 Å². The molecular weight excluding hydrogens is 370 g/mol. The predicted molar refractivity (Wildman–Crippen MR) is 105 cm³/mol. The SMILES string of the molecule is [2H]c1c([2H])c([2H])c2c3c([nH]c2c1[2H])[C@@]([2H])(c1ccc2c(c1)OCO2)N1C(=O)CN(C([2H])([2H])[2H])C(=O)[C@H]1C3([2H])[2H]. The average Bonchev–Trinajstić information content (AvgIpc) is 3.50. The van der Waals surface area contributed by atoms with Crippen molar-refractivity contribution in [2.24, 2.45) is 0 Å². The van der Waals surface area contributed by atoms with Crippen molar-refractivity contribution in [1.29, 1.82) is 0 Å². The number of likely N-dealkylation sites (N-methyl/N-ethyl adjacent to an activating group) is 1. The molecule has 1 aromatic heterocycles. The molecule has 0 spiro atoms. The summed E-state index contributed by atoms with van der Waals surface area (Å²) in [5.41, 5.74) is -0.932. The van der Waals surface area contributed by atoms with Crippen LogP contribution in [0.3, 0.4) is 0 Å². The second kappa shape index (κ2) is 5.76. The highest BCUT2D eigenvalue weighted by Crippen LogP contribution is 2.44. The van der Waals surface area contributed by atoms with Gasteiger partial charge in [0, 0.05) is 36.8 Å². The largest absolute Gasteiger partial charge is 0.454 e. The molecule has 29 heavy (non-hydrogen) atoms. The summed E-state index contributed by atoms with van der Waals surface area (Å²) in [6.45, 7) is -4.13. The van der Waals surface area contributed by atoms with Crippen molar-refractivity contribution >= 4 is 22.7 Å². The van der Waals surface area contributed by atoms with Crippen molar-refractivity contribution < 1.29 is 32.8 Å². The minimum absolute atomic E-state index is 0.0267. The van der Waals surface area contributed by atoms with Crippen LogP contribution < -0.4 is 9.47 Å². The van der Waals surface area contributed by atoms with E-state index in [1.807, 2.05) is 0 Å². The number of para-hydroxylation sites is 1. The normalized spacial score (nSPS) is 32.5. The van der Waals surface area contributed by atoms with Crippen LogP contribution in [0.4, 0.5) is 0 Å². The van der Waals surface area contributed by atoms with E-state index < -0.39 is 73.5 Å². The summed E-state index contributed by atoms with van der Waals surface area (Å²) < 4.78 is 94.9. The summed E-state index contributed by atoms with van der Waals surface area (Å²) in [6.07, 6.45) is -2.87. The van der Waals surface area contributed by atoms with Crippen molar-refractivity contribution in [1.82, 2.24) is 14.8 Å². The molecule has 1 N–H and O–H groups in total. The zero-order valence-electron chi connectivity index (χ0n) is 24.8. The third-order valence-corrected chi connectivity index (χ3v) is 5.16. The number of nitrogens with one attached hydrogen (secondary N) is 1. The van der Waals surface area contributed by atoms with Gasteiger partial charge in [-0.2, -0.15) is 0 Å². The van der Waals surface area contributed by atoms with Gasteiger partial charge in [-0.25, -0.2) is 0 Å². The quantitative estimate of drug-likeness (QED) is 0.681. The molecule has 7 heteroatoms. The van der Waals surface area contributed by atoms with Crippen LogP contribution in [0.5, 0.6) is 11.5 Å². The molecule has 6 rings (SSSR count). The molecule has 2 aromatic carbocycles. The van der Waals surface area contributed by atoms with Gasteiger partial charge in [0.25, 0.3) is 0 Å². The number of H-pyrrole nitrogens is 1. The number of piperazine rings is 1. The number of fused-ring (bicyclic) bond motifs is 5. The van der Waals surface area contributed by atoms with Gasteiger partial charge in [0.1, 0.15) is 6.04 Å². The topological polar surface area (TPSA) is 74.9 Å². The number of benzene rings is 2. The highest BCUT2D eigenvalue weighted by Gasteiger charge is 2.47. The fraction of sp³-hybridized carbons (Fsp3) is 0.273. The van der Waals surface area contributed by atoms with Gasteiger partial charge in [0.15, 0.2) is 11.5 Å². The standard InChI is InChI=1S/C22H19N3O4/c1-24-10-19(26)25-16(22(24)27)9-14-13-4-2-3-5-15(13)23-20(14)21(25)12-6-7-17-18(8-12)29-11-28-17/h2-8,16,21,23H,9-11H2,1H3/t16-,21-/m1/s1/i1D3,2D,3D,4D,5D,9D2,21D. The third-order valence-electron chi connectivity index (χ3n) is 5.16. The van der Waals surface area contributed by atoms with E-state index in [1.165, 1.54) is 18.2 Å². The molecule has 3 aliphatic rings. The molecule has 4 heterocycles. The molecule has 1 fully saturated rings. The van der Waals surface area contributed by atoms with E-state index in [0.717, 1.165) is 0 Å². The van der Waals surface area contributed by atoms with Crippen LogP contribution in [-0.2, 0) is 16.0 Å².